The number of carbonyl (C=O) groups is 2. The van der Waals surface area contributed by atoms with Crippen molar-refractivity contribution in [2.45, 2.75) is 33.7 Å². The molecular formula is C25H32N2O6S. The number of nitrogens with zero attached hydrogens (tertiary/aromatic N) is 2. The quantitative estimate of drug-likeness (QED) is 0.496. The normalized spacial score (nSPS) is 15.1. The first-order chi connectivity index (χ1) is 16.4. The molecule has 9 heteroatoms. The molecule has 1 saturated heterocycles. The minimum absolute atomic E-state index is 0.142. The third-order valence-corrected chi connectivity index (χ3v) is 6.32. The van der Waals surface area contributed by atoms with Gasteiger partial charge in [0.15, 0.2) is 0 Å². The fraction of sp³-hybridized carbons (Fsp3) is 0.480. The molecule has 0 aliphatic carbocycles. The number of ether oxygens (including phenoxy) is 3. The van der Waals surface area contributed by atoms with Gasteiger partial charge in [-0.15, -0.1) is 11.3 Å². The molecule has 1 aliphatic rings. The summed E-state index contributed by atoms with van der Waals surface area (Å²) in [6, 6.07) is 7.49. The molecule has 34 heavy (non-hydrogen) atoms. The zero-order valence-electron chi connectivity index (χ0n) is 20.0. The van der Waals surface area contributed by atoms with Crippen LogP contribution in [0.2, 0.25) is 0 Å². The summed E-state index contributed by atoms with van der Waals surface area (Å²) >= 11 is 1.16. The van der Waals surface area contributed by atoms with E-state index in [1.807, 2.05) is 24.3 Å². The zero-order chi connectivity index (χ0) is 24.5. The van der Waals surface area contributed by atoms with E-state index >= 15 is 0 Å². The SMILES string of the molecule is CCOC(=O)/C=c1\s/c(=C\c2ccc(OCCC(C)C)cc2)c(=O)n1CC(=O)N1CCOCC1. The highest BCUT2D eigenvalue weighted by molar-refractivity contribution is 7.07. The van der Waals surface area contributed by atoms with Crippen LogP contribution in [0.3, 0.4) is 0 Å². The molecule has 1 aliphatic heterocycles. The Morgan fingerprint density at radius 2 is 1.88 bits per heavy atom. The monoisotopic (exact) mass is 488 g/mol. The molecule has 0 saturated carbocycles. The summed E-state index contributed by atoms with van der Waals surface area (Å²) in [6.07, 6.45) is 4.00. The summed E-state index contributed by atoms with van der Waals surface area (Å²) in [5.41, 5.74) is 0.503. The van der Waals surface area contributed by atoms with Gasteiger partial charge in [-0.3, -0.25) is 14.2 Å². The Bertz CT molecular complexity index is 1140. The molecule has 0 spiro atoms. The Morgan fingerprint density at radius 3 is 2.53 bits per heavy atom. The fourth-order valence-electron chi connectivity index (χ4n) is 3.35. The van der Waals surface area contributed by atoms with Crippen LogP contribution in [0.4, 0.5) is 0 Å². The number of morpholine rings is 1. The number of hydrogen-bond acceptors (Lipinski definition) is 7. The Balaban J connectivity index is 1.88. The second-order valence-electron chi connectivity index (χ2n) is 8.33. The molecule has 0 N–H and O–H groups in total. The molecule has 0 unspecified atom stereocenters. The number of esters is 1. The lowest BCUT2D eigenvalue weighted by Crippen LogP contribution is -2.45. The second kappa shape index (κ2) is 12.5. The average molecular weight is 489 g/mol. The smallest absolute Gasteiger partial charge is 0.333 e. The van der Waals surface area contributed by atoms with Gasteiger partial charge in [-0.05, 0) is 43.0 Å². The van der Waals surface area contributed by atoms with Crippen LogP contribution in [0.25, 0.3) is 12.2 Å². The van der Waals surface area contributed by atoms with Gasteiger partial charge in [0.2, 0.25) is 5.91 Å². The maximum absolute atomic E-state index is 13.2. The number of hydrogen-bond donors (Lipinski definition) is 0. The molecular weight excluding hydrogens is 456 g/mol. The molecule has 184 valence electrons. The molecule has 1 aromatic carbocycles. The summed E-state index contributed by atoms with van der Waals surface area (Å²) in [6.45, 7) is 8.67. The largest absolute Gasteiger partial charge is 0.494 e. The van der Waals surface area contributed by atoms with Gasteiger partial charge in [0.25, 0.3) is 5.56 Å². The topological polar surface area (TPSA) is 87.1 Å². The summed E-state index contributed by atoms with van der Waals surface area (Å²) in [5.74, 6) is 0.611. The maximum atomic E-state index is 13.2. The molecule has 1 amide bonds. The minimum Gasteiger partial charge on any atom is -0.494 e. The van der Waals surface area contributed by atoms with Crippen molar-refractivity contribution in [2.75, 3.05) is 39.5 Å². The Labute approximate surface area is 203 Å². The summed E-state index contributed by atoms with van der Waals surface area (Å²) in [5, 5.41) is 0. The molecule has 0 bridgehead atoms. The lowest BCUT2D eigenvalue weighted by Gasteiger charge is -2.26. The van der Waals surface area contributed by atoms with Crippen LogP contribution in [-0.4, -0.2) is 60.9 Å². The lowest BCUT2D eigenvalue weighted by atomic mass is 10.1. The number of aromatic nitrogens is 1. The number of thiazole rings is 1. The van der Waals surface area contributed by atoms with Crippen LogP contribution >= 0.6 is 11.3 Å². The number of benzene rings is 1. The Morgan fingerprint density at radius 1 is 1.18 bits per heavy atom. The number of amides is 1. The molecule has 0 atom stereocenters. The average Bonchev–Trinajstić information content (AvgIpc) is 3.09. The van der Waals surface area contributed by atoms with Gasteiger partial charge < -0.3 is 19.1 Å². The third kappa shape index (κ3) is 7.30. The van der Waals surface area contributed by atoms with Crippen LogP contribution < -0.4 is 19.5 Å². The molecule has 3 rings (SSSR count). The van der Waals surface area contributed by atoms with E-state index in [4.69, 9.17) is 14.2 Å². The van der Waals surface area contributed by atoms with Crippen molar-refractivity contribution in [2.24, 2.45) is 5.92 Å². The van der Waals surface area contributed by atoms with E-state index in [1.165, 1.54) is 10.6 Å². The zero-order valence-corrected chi connectivity index (χ0v) is 20.8. The molecule has 8 nitrogen and oxygen atoms in total. The molecule has 2 heterocycles. The number of carbonyl (C=O) groups excluding carboxylic acids is 2. The van der Waals surface area contributed by atoms with E-state index in [-0.39, 0.29) is 24.6 Å². The van der Waals surface area contributed by atoms with Gasteiger partial charge in [-0.1, -0.05) is 26.0 Å². The highest BCUT2D eigenvalue weighted by atomic mass is 32.1. The van der Waals surface area contributed by atoms with Gasteiger partial charge in [-0.25, -0.2) is 4.79 Å². The van der Waals surface area contributed by atoms with E-state index in [1.54, 1.807) is 17.9 Å². The van der Waals surface area contributed by atoms with E-state index in [0.29, 0.717) is 48.0 Å². The van der Waals surface area contributed by atoms with Crippen molar-refractivity contribution in [1.82, 2.24) is 9.47 Å². The summed E-state index contributed by atoms with van der Waals surface area (Å²) in [4.78, 5) is 39.7. The Kier molecular flexibility index (Phi) is 9.47. The van der Waals surface area contributed by atoms with Crippen LogP contribution in [0, 0.1) is 5.92 Å². The van der Waals surface area contributed by atoms with Gasteiger partial charge in [0.1, 0.15) is 17.0 Å². The van der Waals surface area contributed by atoms with E-state index in [2.05, 4.69) is 13.8 Å². The van der Waals surface area contributed by atoms with E-state index in [9.17, 15) is 14.4 Å². The van der Waals surface area contributed by atoms with Crippen molar-refractivity contribution in [3.05, 3.63) is 49.4 Å². The fourth-order valence-corrected chi connectivity index (χ4v) is 4.38. The third-order valence-electron chi connectivity index (χ3n) is 5.26. The molecule has 1 fully saturated rings. The van der Waals surface area contributed by atoms with Crippen LogP contribution in [-0.2, 0) is 25.6 Å². The lowest BCUT2D eigenvalue weighted by molar-refractivity contribution is -0.136. The standard InChI is InChI=1S/C25H32N2O6S/c1-4-32-24(29)16-23-27(17-22(28)26-10-13-31-14-11-26)25(30)21(34-23)15-19-5-7-20(8-6-19)33-12-9-18(2)3/h5-8,15-16,18H,4,9-14,17H2,1-3H3/b21-15-,23-16-. The van der Waals surface area contributed by atoms with Gasteiger partial charge in [-0.2, -0.15) is 0 Å². The van der Waals surface area contributed by atoms with Crippen molar-refractivity contribution in [3.8, 4) is 5.75 Å². The van der Waals surface area contributed by atoms with Gasteiger partial charge in [0.05, 0.1) is 37.0 Å². The van der Waals surface area contributed by atoms with Crippen LogP contribution in [0.15, 0.2) is 29.1 Å². The van der Waals surface area contributed by atoms with Crippen LogP contribution in [0.5, 0.6) is 5.75 Å². The second-order valence-corrected chi connectivity index (χ2v) is 9.39. The first-order valence-corrected chi connectivity index (χ1v) is 12.4. The van der Waals surface area contributed by atoms with Crippen LogP contribution in [0.1, 0.15) is 32.8 Å². The number of rotatable bonds is 9. The van der Waals surface area contributed by atoms with Crippen molar-refractivity contribution in [1.29, 1.82) is 0 Å². The highest BCUT2D eigenvalue weighted by Gasteiger charge is 2.19. The maximum Gasteiger partial charge on any atom is 0.333 e. The molecule has 0 radical (unpaired) electrons. The predicted molar refractivity (Wildman–Crippen MR) is 131 cm³/mol. The van der Waals surface area contributed by atoms with E-state index < -0.39 is 5.97 Å². The predicted octanol–water partition coefficient (Wildman–Crippen LogP) is 1.37. The molecule has 1 aromatic heterocycles. The van der Waals surface area contributed by atoms with Crippen molar-refractivity contribution >= 4 is 35.4 Å². The van der Waals surface area contributed by atoms with Gasteiger partial charge >= 0.3 is 5.97 Å². The summed E-state index contributed by atoms with van der Waals surface area (Å²) < 4.78 is 18.2. The first kappa shape index (κ1) is 25.7. The van der Waals surface area contributed by atoms with Crippen molar-refractivity contribution < 1.29 is 23.8 Å². The molecule has 2 aromatic rings. The van der Waals surface area contributed by atoms with E-state index in [0.717, 1.165) is 29.1 Å². The Hall–Kier alpha value is -2.91. The minimum atomic E-state index is -0.550. The highest BCUT2D eigenvalue weighted by Crippen LogP contribution is 2.13. The summed E-state index contributed by atoms with van der Waals surface area (Å²) in [7, 11) is 0. The van der Waals surface area contributed by atoms with Gasteiger partial charge in [0, 0.05) is 13.1 Å². The first-order valence-electron chi connectivity index (χ1n) is 11.6. The van der Waals surface area contributed by atoms with Crippen molar-refractivity contribution in [3.63, 3.8) is 0 Å².